The SMILES string of the molecule is C[C@@H](/C=C/CC(=O)N1Cc2ccccc2C[C@H]1CO)[C@]1(O)C(=O)N(Cc2cccc(N3CCCC3=O)c2)c2ccc(Cl)cc21. The molecule has 3 atom stereocenters. The van der Waals surface area contributed by atoms with E-state index in [-0.39, 0.29) is 37.4 Å². The van der Waals surface area contributed by atoms with E-state index in [2.05, 4.69) is 0 Å². The first-order chi connectivity index (χ1) is 21.2. The molecule has 0 unspecified atom stereocenters. The van der Waals surface area contributed by atoms with Crippen molar-refractivity contribution in [1.29, 1.82) is 0 Å². The molecule has 228 valence electrons. The van der Waals surface area contributed by atoms with Crippen molar-refractivity contribution in [3.63, 3.8) is 0 Å². The minimum Gasteiger partial charge on any atom is -0.394 e. The van der Waals surface area contributed by atoms with Crippen LogP contribution in [0.25, 0.3) is 0 Å². The van der Waals surface area contributed by atoms with E-state index in [0.29, 0.717) is 42.2 Å². The van der Waals surface area contributed by atoms with E-state index in [9.17, 15) is 24.6 Å². The molecule has 6 rings (SSSR count). The van der Waals surface area contributed by atoms with Gasteiger partial charge in [-0.05, 0) is 59.9 Å². The number of amides is 3. The van der Waals surface area contributed by atoms with E-state index < -0.39 is 17.4 Å². The van der Waals surface area contributed by atoms with E-state index in [1.54, 1.807) is 52.0 Å². The predicted octanol–water partition coefficient (Wildman–Crippen LogP) is 4.73. The highest BCUT2D eigenvalue weighted by atomic mass is 35.5. The zero-order valence-electron chi connectivity index (χ0n) is 24.7. The predicted molar refractivity (Wildman–Crippen MR) is 169 cm³/mol. The molecule has 3 aliphatic heterocycles. The molecule has 44 heavy (non-hydrogen) atoms. The fourth-order valence-electron chi connectivity index (χ4n) is 6.67. The van der Waals surface area contributed by atoms with Crippen LogP contribution in [-0.4, -0.2) is 52.0 Å². The molecule has 1 fully saturated rings. The number of hydrogen-bond acceptors (Lipinski definition) is 5. The molecule has 3 amide bonds. The number of aliphatic hydroxyl groups excluding tert-OH is 1. The standard InChI is InChI=1S/C35H36ClN3O5/c1-23(7-4-12-33(42)38-21-26-10-3-2-9-25(26)18-29(38)22-40)35(44)30-19-27(36)14-15-31(30)39(34(35)43)20-24-8-5-11-28(17-24)37-16-6-13-32(37)41/h2-5,7-11,14-15,17,19,23,29,40,44H,6,12-13,16,18,20-22H2,1H3/b7-4+/t23-,29-,35+/m0/s1. The molecule has 0 aliphatic carbocycles. The van der Waals surface area contributed by atoms with Gasteiger partial charge in [0.05, 0.1) is 24.9 Å². The van der Waals surface area contributed by atoms with Crippen molar-refractivity contribution in [2.45, 2.75) is 57.3 Å². The van der Waals surface area contributed by atoms with Gasteiger partial charge in [-0.2, -0.15) is 0 Å². The Morgan fingerprint density at radius 2 is 1.89 bits per heavy atom. The second-order valence-electron chi connectivity index (χ2n) is 11.9. The molecule has 8 nitrogen and oxygen atoms in total. The molecule has 2 N–H and O–H groups in total. The smallest absolute Gasteiger partial charge is 0.264 e. The van der Waals surface area contributed by atoms with E-state index >= 15 is 0 Å². The number of aliphatic hydroxyl groups is 2. The Kier molecular flexibility index (Phi) is 8.33. The lowest BCUT2D eigenvalue weighted by Crippen LogP contribution is -2.46. The van der Waals surface area contributed by atoms with Crippen LogP contribution in [0.3, 0.4) is 0 Å². The van der Waals surface area contributed by atoms with Crippen LogP contribution in [-0.2, 0) is 39.5 Å². The maximum Gasteiger partial charge on any atom is 0.264 e. The number of fused-ring (bicyclic) bond motifs is 2. The number of carbonyl (C=O) groups excluding carboxylic acids is 3. The topological polar surface area (TPSA) is 101 Å². The van der Waals surface area contributed by atoms with Crippen LogP contribution in [0.5, 0.6) is 0 Å². The molecule has 9 heteroatoms. The first-order valence-electron chi connectivity index (χ1n) is 15.1. The van der Waals surface area contributed by atoms with Gasteiger partial charge in [0.25, 0.3) is 5.91 Å². The van der Waals surface area contributed by atoms with E-state index in [4.69, 9.17) is 11.6 Å². The van der Waals surface area contributed by atoms with Gasteiger partial charge in [0.15, 0.2) is 5.60 Å². The summed E-state index contributed by atoms with van der Waals surface area (Å²) >= 11 is 6.35. The average molecular weight is 614 g/mol. The molecule has 0 aromatic heterocycles. The maximum atomic E-state index is 14.0. The number of rotatable bonds is 8. The largest absolute Gasteiger partial charge is 0.394 e. The number of nitrogens with zero attached hydrogens (tertiary/aromatic N) is 3. The molecule has 3 aromatic carbocycles. The summed E-state index contributed by atoms with van der Waals surface area (Å²) in [5.41, 5.74) is 2.93. The van der Waals surface area contributed by atoms with Gasteiger partial charge < -0.3 is 24.9 Å². The summed E-state index contributed by atoms with van der Waals surface area (Å²) in [5.74, 6) is -1.19. The van der Waals surface area contributed by atoms with Gasteiger partial charge >= 0.3 is 0 Å². The number of anilines is 2. The molecule has 0 radical (unpaired) electrons. The molecule has 1 saturated heterocycles. The van der Waals surface area contributed by atoms with Crippen molar-refractivity contribution in [2.24, 2.45) is 5.92 Å². The van der Waals surface area contributed by atoms with Crippen LogP contribution in [0.15, 0.2) is 78.9 Å². The van der Waals surface area contributed by atoms with Gasteiger partial charge in [-0.1, -0.05) is 67.1 Å². The van der Waals surface area contributed by atoms with Crippen LogP contribution in [0.2, 0.25) is 5.02 Å². The lowest BCUT2D eigenvalue weighted by atomic mass is 9.83. The summed E-state index contributed by atoms with van der Waals surface area (Å²) in [6.07, 6.45) is 5.41. The minimum absolute atomic E-state index is 0.0708. The number of hydrogen-bond donors (Lipinski definition) is 2. The minimum atomic E-state index is -1.89. The van der Waals surface area contributed by atoms with Crippen LogP contribution in [0.4, 0.5) is 11.4 Å². The van der Waals surface area contributed by atoms with Crippen molar-refractivity contribution in [3.05, 3.63) is 106 Å². The molecule has 3 heterocycles. The van der Waals surface area contributed by atoms with Crippen molar-refractivity contribution in [1.82, 2.24) is 4.90 Å². The zero-order chi connectivity index (χ0) is 31.0. The second-order valence-corrected chi connectivity index (χ2v) is 12.3. The van der Waals surface area contributed by atoms with Crippen LogP contribution < -0.4 is 9.80 Å². The highest BCUT2D eigenvalue weighted by molar-refractivity contribution is 6.31. The van der Waals surface area contributed by atoms with Crippen molar-refractivity contribution in [3.8, 4) is 0 Å². The van der Waals surface area contributed by atoms with Gasteiger partial charge in [0, 0.05) is 48.1 Å². The highest BCUT2D eigenvalue weighted by Crippen LogP contribution is 2.47. The van der Waals surface area contributed by atoms with E-state index in [1.807, 2.05) is 48.5 Å². The Hall–Kier alpha value is -3.98. The molecule has 0 bridgehead atoms. The van der Waals surface area contributed by atoms with Crippen LogP contribution in [0, 0.1) is 5.92 Å². The summed E-state index contributed by atoms with van der Waals surface area (Å²) in [7, 11) is 0. The molecule has 0 saturated carbocycles. The van der Waals surface area contributed by atoms with Crippen molar-refractivity contribution >= 4 is 40.7 Å². The fourth-order valence-corrected chi connectivity index (χ4v) is 6.85. The molecular formula is C35H36ClN3O5. The quantitative estimate of drug-likeness (QED) is 0.358. The van der Waals surface area contributed by atoms with Gasteiger partial charge in [0.2, 0.25) is 11.8 Å². The Bertz CT molecular complexity index is 1640. The first kappa shape index (κ1) is 30.1. The average Bonchev–Trinajstić information content (AvgIpc) is 3.55. The summed E-state index contributed by atoms with van der Waals surface area (Å²) in [6.45, 7) is 2.93. The van der Waals surface area contributed by atoms with E-state index in [0.717, 1.165) is 28.8 Å². The lowest BCUT2D eigenvalue weighted by Gasteiger charge is -2.36. The summed E-state index contributed by atoms with van der Waals surface area (Å²) in [5, 5.41) is 22.4. The first-order valence-corrected chi connectivity index (χ1v) is 15.5. The lowest BCUT2D eigenvalue weighted by molar-refractivity contribution is -0.139. The van der Waals surface area contributed by atoms with Gasteiger partial charge in [-0.25, -0.2) is 0 Å². The zero-order valence-corrected chi connectivity index (χ0v) is 25.4. The van der Waals surface area contributed by atoms with Gasteiger partial charge in [-0.3, -0.25) is 14.4 Å². The Labute approximate surface area is 262 Å². The third kappa shape index (κ3) is 5.42. The number of benzene rings is 3. The molecule has 0 spiro atoms. The second kappa shape index (κ2) is 12.2. The van der Waals surface area contributed by atoms with Gasteiger partial charge in [-0.15, -0.1) is 0 Å². The van der Waals surface area contributed by atoms with Gasteiger partial charge in [0.1, 0.15) is 0 Å². The molecule has 3 aromatic rings. The summed E-state index contributed by atoms with van der Waals surface area (Å²) in [6, 6.07) is 20.3. The third-order valence-corrected chi connectivity index (χ3v) is 9.37. The maximum absolute atomic E-state index is 14.0. The monoisotopic (exact) mass is 613 g/mol. The Morgan fingerprint density at radius 1 is 1.09 bits per heavy atom. The molecular weight excluding hydrogens is 578 g/mol. The summed E-state index contributed by atoms with van der Waals surface area (Å²) < 4.78 is 0. The number of halogens is 1. The number of carbonyl (C=O) groups is 3. The van der Waals surface area contributed by atoms with Crippen molar-refractivity contribution in [2.75, 3.05) is 23.0 Å². The van der Waals surface area contributed by atoms with Crippen LogP contribution >= 0.6 is 11.6 Å². The Balaban J connectivity index is 1.20. The molecule has 3 aliphatic rings. The fraction of sp³-hybridized carbons (Fsp3) is 0.343. The Morgan fingerprint density at radius 3 is 2.64 bits per heavy atom. The normalized spacial score (nSPS) is 22.1. The third-order valence-electron chi connectivity index (χ3n) is 9.13. The van der Waals surface area contributed by atoms with Crippen LogP contribution in [0.1, 0.15) is 48.4 Å². The summed E-state index contributed by atoms with van der Waals surface area (Å²) in [4.78, 5) is 44.6. The highest BCUT2D eigenvalue weighted by Gasteiger charge is 2.52. The van der Waals surface area contributed by atoms with E-state index in [1.165, 1.54) is 0 Å². The van der Waals surface area contributed by atoms with Crippen molar-refractivity contribution < 1.29 is 24.6 Å².